The van der Waals surface area contributed by atoms with Gasteiger partial charge in [-0.25, -0.2) is 9.97 Å². The van der Waals surface area contributed by atoms with Gasteiger partial charge in [-0.3, -0.25) is 0 Å². The van der Waals surface area contributed by atoms with Crippen LogP contribution < -0.4 is 0 Å². The van der Waals surface area contributed by atoms with Gasteiger partial charge in [0.15, 0.2) is 0 Å². The van der Waals surface area contributed by atoms with Gasteiger partial charge in [-0.05, 0) is 82.8 Å². The zero-order valence-electron chi connectivity index (χ0n) is 32.2. The van der Waals surface area contributed by atoms with Crippen LogP contribution in [-0.2, 0) is 0 Å². The molecular weight excluding hydrogens is 719 g/mol. The molecule has 4 nitrogen and oxygen atoms in total. The molecule has 2 unspecified atom stereocenters. The number of nitrogens with zero attached hydrogens (tertiary/aromatic N) is 3. The Hall–Kier alpha value is -7.56. The average molecular weight is 754 g/mol. The lowest BCUT2D eigenvalue weighted by Crippen LogP contribution is -2.09. The summed E-state index contributed by atoms with van der Waals surface area (Å²) < 4.78 is 8.54. The number of benzene rings is 7. The summed E-state index contributed by atoms with van der Waals surface area (Å²) in [7, 11) is 0. The molecule has 12 aromatic rings. The van der Waals surface area contributed by atoms with Crippen molar-refractivity contribution in [3.8, 4) is 22.4 Å². The van der Waals surface area contributed by atoms with E-state index in [4.69, 9.17) is 14.4 Å². The molecule has 59 heavy (non-hydrogen) atoms. The standard InChI is InChI=1S/C55H35N3O/c1-32-28-38(20-24-40(32)37-23-27-52-44(29-37)43-10-4-7-13-51(43)59-52)48-26-22-36-19-18-35-21-25-47(56-53(35)54(36)57-48)34-16-14-33(15-17-34)39-30-45-41-8-2-5-11-49(41)58-50-12-6-3-9-42(50)46(31-39)55(45)58/h2-32,40H,1H3. The Labute approximate surface area is 339 Å². The van der Waals surface area contributed by atoms with Crippen LogP contribution in [0.4, 0.5) is 0 Å². The van der Waals surface area contributed by atoms with Crippen molar-refractivity contribution in [1.29, 1.82) is 0 Å². The topological polar surface area (TPSA) is 43.3 Å². The van der Waals surface area contributed by atoms with Gasteiger partial charge in [0.05, 0.1) is 39.0 Å². The van der Waals surface area contributed by atoms with Crippen LogP contribution in [-0.4, -0.2) is 14.4 Å². The van der Waals surface area contributed by atoms with Gasteiger partial charge in [0.25, 0.3) is 0 Å². The Bertz CT molecular complexity index is 3670. The van der Waals surface area contributed by atoms with E-state index in [0.717, 1.165) is 60.9 Å². The van der Waals surface area contributed by atoms with Crippen molar-refractivity contribution in [2.24, 2.45) is 5.92 Å². The first-order valence-electron chi connectivity index (χ1n) is 20.4. The number of para-hydroxylation sites is 3. The maximum atomic E-state index is 6.11. The van der Waals surface area contributed by atoms with E-state index in [1.54, 1.807) is 0 Å². The highest BCUT2D eigenvalue weighted by Crippen LogP contribution is 2.42. The second-order valence-corrected chi connectivity index (χ2v) is 16.2. The maximum absolute atomic E-state index is 6.11. The number of hydrogen-bond acceptors (Lipinski definition) is 3. The molecule has 0 radical (unpaired) electrons. The fraction of sp³-hybridized carbons (Fsp3) is 0.0545. The van der Waals surface area contributed by atoms with Crippen molar-refractivity contribution in [3.63, 3.8) is 0 Å². The predicted molar refractivity (Wildman–Crippen MR) is 245 cm³/mol. The molecule has 0 fully saturated rings. The molecule has 0 N–H and O–H groups in total. The Balaban J connectivity index is 0.842. The number of aromatic nitrogens is 3. The molecule has 0 spiro atoms. The van der Waals surface area contributed by atoms with Gasteiger partial charge in [0.1, 0.15) is 11.2 Å². The Kier molecular flexibility index (Phi) is 6.74. The van der Waals surface area contributed by atoms with Gasteiger partial charge in [-0.1, -0.05) is 134 Å². The molecule has 4 heteroatoms. The van der Waals surface area contributed by atoms with Gasteiger partial charge in [-0.15, -0.1) is 0 Å². The summed E-state index contributed by atoms with van der Waals surface area (Å²) in [6.45, 7) is 2.30. The molecule has 2 atom stereocenters. The highest BCUT2D eigenvalue weighted by atomic mass is 16.3. The molecule has 276 valence electrons. The van der Waals surface area contributed by atoms with E-state index in [-0.39, 0.29) is 5.92 Å². The van der Waals surface area contributed by atoms with E-state index in [9.17, 15) is 0 Å². The van der Waals surface area contributed by atoms with Gasteiger partial charge >= 0.3 is 0 Å². The lowest BCUT2D eigenvalue weighted by atomic mass is 9.81. The fourth-order valence-corrected chi connectivity index (χ4v) is 9.90. The monoisotopic (exact) mass is 753 g/mol. The van der Waals surface area contributed by atoms with Crippen LogP contribution in [0, 0.1) is 5.92 Å². The maximum Gasteiger partial charge on any atom is 0.135 e. The molecule has 13 rings (SSSR count). The molecule has 0 amide bonds. The molecule has 0 saturated carbocycles. The third kappa shape index (κ3) is 4.84. The van der Waals surface area contributed by atoms with E-state index < -0.39 is 0 Å². The predicted octanol–water partition coefficient (Wildman–Crippen LogP) is 14.5. The minimum Gasteiger partial charge on any atom is -0.456 e. The van der Waals surface area contributed by atoms with Gasteiger partial charge in [0.2, 0.25) is 0 Å². The second-order valence-electron chi connectivity index (χ2n) is 16.2. The molecule has 1 aliphatic rings. The van der Waals surface area contributed by atoms with Crippen molar-refractivity contribution in [2.75, 3.05) is 0 Å². The summed E-state index contributed by atoms with van der Waals surface area (Å²) in [5.74, 6) is 0.554. The van der Waals surface area contributed by atoms with Crippen LogP contribution >= 0.6 is 0 Å². The van der Waals surface area contributed by atoms with Crippen molar-refractivity contribution in [3.05, 3.63) is 193 Å². The van der Waals surface area contributed by atoms with E-state index >= 15 is 0 Å². The molecule has 5 aromatic heterocycles. The minimum atomic E-state index is 0.263. The van der Waals surface area contributed by atoms with Crippen LogP contribution in [0.5, 0.6) is 0 Å². The van der Waals surface area contributed by atoms with Crippen molar-refractivity contribution < 1.29 is 4.42 Å². The number of fused-ring (bicyclic) bond motifs is 12. The van der Waals surface area contributed by atoms with E-state index in [1.165, 1.54) is 60.2 Å². The Morgan fingerprint density at radius 3 is 1.80 bits per heavy atom. The highest BCUT2D eigenvalue weighted by molar-refractivity contribution is 6.24. The van der Waals surface area contributed by atoms with Gasteiger partial charge < -0.3 is 8.82 Å². The van der Waals surface area contributed by atoms with Crippen molar-refractivity contribution >= 4 is 87.4 Å². The number of allylic oxidation sites excluding steroid dienone is 4. The highest BCUT2D eigenvalue weighted by Gasteiger charge is 2.22. The molecule has 0 bridgehead atoms. The molecule has 0 saturated heterocycles. The van der Waals surface area contributed by atoms with Crippen molar-refractivity contribution in [2.45, 2.75) is 12.8 Å². The summed E-state index contributed by atoms with van der Waals surface area (Å²) >= 11 is 0. The summed E-state index contributed by atoms with van der Waals surface area (Å²) in [6.07, 6.45) is 6.94. The first-order valence-corrected chi connectivity index (χ1v) is 20.4. The quantitative estimate of drug-likeness (QED) is 0.168. The lowest BCUT2D eigenvalue weighted by Gasteiger charge is -2.23. The Morgan fingerprint density at radius 1 is 0.492 bits per heavy atom. The van der Waals surface area contributed by atoms with Crippen LogP contribution in [0.3, 0.4) is 0 Å². The van der Waals surface area contributed by atoms with Gasteiger partial charge in [0, 0.05) is 54.6 Å². The summed E-state index contributed by atoms with van der Waals surface area (Å²) in [6, 6.07) is 59.0. The zero-order chi connectivity index (χ0) is 38.8. The van der Waals surface area contributed by atoms with E-state index in [1.807, 2.05) is 12.1 Å². The smallest absolute Gasteiger partial charge is 0.135 e. The molecule has 0 aliphatic heterocycles. The first-order chi connectivity index (χ1) is 29.1. The molecule has 7 aromatic carbocycles. The average Bonchev–Trinajstić information content (AvgIpc) is 3.95. The fourth-order valence-electron chi connectivity index (χ4n) is 9.90. The molecule has 1 aliphatic carbocycles. The SMILES string of the molecule is CC1C=C(c2ccc3ccc4ccc(-c5ccc(-c6cc7c8ccccc8n8c9ccccc9c(c6)c78)cc5)nc4c3n2)C=CC1c1ccc2oc3ccccc3c2c1. The van der Waals surface area contributed by atoms with Crippen LogP contribution in [0.25, 0.3) is 110 Å². The van der Waals surface area contributed by atoms with Crippen LogP contribution in [0.2, 0.25) is 0 Å². The van der Waals surface area contributed by atoms with Crippen LogP contribution in [0.1, 0.15) is 24.1 Å². The number of pyridine rings is 2. The summed E-state index contributed by atoms with van der Waals surface area (Å²) in [4.78, 5) is 10.6. The largest absolute Gasteiger partial charge is 0.456 e. The van der Waals surface area contributed by atoms with Crippen molar-refractivity contribution in [1.82, 2.24) is 14.4 Å². The first kappa shape index (κ1) is 32.5. The lowest BCUT2D eigenvalue weighted by molar-refractivity contribution is 0.636. The third-order valence-corrected chi connectivity index (χ3v) is 12.8. The number of rotatable bonds is 4. The second kappa shape index (κ2) is 12.2. The third-order valence-electron chi connectivity index (χ3n) is 12.8. The van der Waals surface area contributed by atoms with Gasteiger partial charge in [-0.2, -0.15) is 0 Å². The normalized spacial score (nSPS) is 15.9. The zero-order valence-corrected chi connectivity index (χ0v) is 32.2. The summed E-state index contributed by atoms with van der Waals surface area (Å²) in [5, 5.41) is 9.64. The number of furan rings is 1. The van der Waals surface area contributed by atoms with E-state index in [2.05, 4.69) is 181 Å². The molecular formula is C55H35N3O. The molecule has 5 heterocycles. The Morgan fingerprint density at radius 2 is 1.08 bits per heavy atom. The van der Waals surface area contributed by atoms with Crippen LogP contribution in [0.15, 0.2) is 186 Å². The number of hydrogen-bond donors (Lipinski definition) is 0. The minimum absolute atomic E-state index is 0.263. The summed E-state index contributed by atoms with van der Waals surface area (Å²) in [5.41, 5.74) is 15.3. The van der Waals surface area contributed by atoms with E-state index in [0.29, 0.717) is 5.92 Å².